The smallest absolute Gasteiger partial charge is 0.0942 e. The Bertz CT molecular complexity index is 218. The van der Waals surface area contributed by atoms with Crippen molar-refractivity contribution in [2.24, 2.45) is 0 Å². The molecule has 3 heteroatoms. The van der Waals surface area contributed by atoms with E-state index >= 15 is 0 Å². The fourth-order valence-corrected chi connectivity index (χ4v) is 2.21. The van der Waals surface area contributed by atoms with Gasteiger partial charge in [-0.05, 0) is 19.4 Å². The highest BCUT2D eigenvalue weighted by Crippen LogP contribution is 2.24. The van der Waals surface area contributed by atoms with E-state index in [-0.39, 0.29) is 0 Å². The zero-order valence-corrected chi connectivity index (χ0v) is 6.82. The van der Waals surface area contributed by atoms with Crippen molar-refractivity contribution in [1.82, 2.24) is 9.78 Å². The minimum atomic E-state index is 1.11. The van der Waals surface area contributed by atoms with Gasteiger partial charge in [-0.3, -0.25) is 4.68 Å². The molecule has 0 radical (unpaired) electrons. The summed E-state index contributed by atoms with van der Waals surface area (Å²) in [6.07, 6.45) is 1.26. The first-order valence-corrected chi connectivity index (χ1v) is 4.52. The third kappa shape index (κ3) is 0.944. The number of thioether (sulfide) groups is 1. The summed E-state index contributed by atoms with van der Waals surface area (Å²) >= 11 is 1.91. The number of hydrogen-bond donors (Lipinski definition) is 0. The molecule has 0 N–H and O–H groups in total. The summed E-state index contributed by atoms with van der Waals surface area (Å²) in [6.45, 7) is 3.15. The molecule has 0 saturated heterocycles. The van der Waals surface area contributed by atoms with Crippen molar-refractivity contribution in [3.63, 3.8) is 0 Å². The standard InChI is InChI=1S/C7H10N2S/c1-6-5-7-9(8-6)3-2-4-10-7/h5H,2-4H2,1H3. The first kappa shape index (κ1) is 6.28. The molecule has 1 aromatic rings. The minimum absolute atomic E-state index is 1.11. The van der Waals surface area contributed by atoms with Crippen molar-refractivity contribution in [2.75, 3.05) is 5.75 Å². The molecule has 0 saturated carbocycles. The average molecular weight is 154 g/mol. The van der Waals surface area contributed by atoms with Crippen LogP contribution in [0.2, 0.25) is 0 Å². The lowest BCUT2D eigenvalue weighted by molar-refractivity contribution is 0.545. The maximum atomic E-state index is 4.35. The molecule has 0 atom stereocenters. The Kier molecular flexibility index (Phi) is 1.45. The second-order valence-corrected chi connectivity index (χ2v) is 3.66. The lowest BCUT2D eigenvalue weighted by atomic mass is 10.5. The van der Waals surface area contributed by atoms with E-state index in [0.717, 1.165) is 12.2 Å². The van der Waals surface area contributed by atoms with E-state index in [0.29, 0.717) is 0 Å². The highest BCUT2D eigenvalue weighted by atomic mass is 32.2. The SMILES string of the molecule is Cc1cc2n(n1)CCCS2. The molecule has 2 nitrogen and oxygen atoms in total. The molecular formula is C7H10N2S. The van der Waals surface area contributed by atoms with Gasteiger partial charge >= 0.3 is 0 Å². The molecule has 10 heavy (non-hydrogen) atoms. The summed E-state index contributed by atoms with van der Waals surface area (Å²) in [4.78, 5) is 0. The van der Waals surface area contributed by atoms with Gasteiger partial charge in [0.25, 0.3) is 0 Å². The van der Waals surface area contributed by atoms with Crippen LogP contribution in [0.4, 0.5) is 0 Å². The van der Waals surface area contributed by atoms with Gasteiger partial charge in [0.15, 0.2) is 0 Å². The molecule has 0 fully saturated rings. The van der Waals surface area contributed by atoms with Crippen LogP contribution in [0.1, 0.15) is 12.1 Å². The number of fused-ring (bicyclic) bond motifs is 1. The van der Waals surface area contributed by atoms with Crippen molar-refractivity contribution >= 4 is 11.8 Å². The lowest BCUT2D eigenvalue weighted by Crippen LogP contribution is -2.07. The lowest BCUT2D eigenvalue weighted by Gasteiger charge is -2.11. The largest absolute Gasteiger partial charge is 0.259 e. The summed E-state index contributed by atoms with van der Waals surface area (Å²) in [5.74, 6) is 1.26. The first-order valence-electron chi connectivity index (χ1n) is 3.53. The Hall–Kier alpha value is -0.440. The van der Waals surface area contributed by atoms with Gasteiger partial charge in [0.2, 0.25) is 0 Å². The molecule has 0 aromatic carbocycles. The molecule has 0 spiro atoms. The van der Waals surface area contributed by atoms with Crippen LogP contribution >= 0.6 is 11.8 Å². The van der Waals surface area contributed by atoms with Crippen LogP contribution in [0.25, 0.3) is 0 Å². The molecule has 54 valence electrons. The molecular weight excluding hydrogens is 144 g/mol. The van der Waals surface area contributed by atoms with E-state index in [9.17, 15) is 0 Å². The van der Waals surface area contributed by atoms with Gasteiger partial charge in [-0.15, -0.1) is 11.8 Å². The summed E-state index contributed by atoms with van der Waals surface area (Å²) in [5.41, 5.74) is 1.14. The third-order valence-electron chi connectivity index (χ3n) is 1.63. The number of nitrogens with zero attached hydrogens (tertiary/aromatic N) is 2. The van der Waals surface area contributed by atoms with Gasteiger partial charge in [-0.1, -0.05) is 0 Å². The summed E-state index contributed by atoms with van der Waals surface area (Å²) in [5, 5.41) is 5.68. The van der Waals surface area contributed by atoms with E-state index in [4.69, 9.17) is 0 Å². The zero-order valence-electron chi connectivity index (χ0n) is 6.00. The first-order chi connectivity index (χ1) is 4.86. The normalized spacial score (nSPS) is 16.9. The second-order valence-electron chi connectivity index (χ2n) is 2.55. The van der Waals surface area contributed by atoms with E-state index < -0.39 is 0 Å². The van der Waals surface area contributed by atoms with Gasteiger partial charge in [0.05, 0.1) is 10.7 Å². The highest BCUT2D eigenvalue weighted by Gasteiger charge is 2.09. The number of hydrogen-bond acceptors (Lipinski definition) is 2. The van der Waals surface area contributed by atoms with Gasteiger partial charge in [0.1, 0.15) is 0 Å². The fraction of sp³-hybridized carbons (Fsp3) is 0.571. The van der Waals surface area contributed by atoms with Gasteiger partial charge in [-0.2, -0.15) is 5.10 Å². The average Bonchev–Trinajstić information content (AvgIpc) is 2.27. The zero-order chi connectivity index (χ0) is 6.97. The van der Waals surface area contributed by atoms with Crippen LogP contribution in [-0.4, -0.2) is 15.5 Å². The molecule has 1 aliphatic rings. The maximum Gasteiger partial charge on any atom is 0.0942 e. The summed E-state index contributed by atoms with van der Waals surface area (Å²) in [7, 11) is 0. The molecule has 0 unspecified atom stereocenters. The minimum Gasteiger partial charge on any atom is -0.259 e. The summed E-state index contributed by atoms with van der Waals surface area (Å²) < 4.78 is 2.10. The Balaban J connectivity index is 2.41. The predicted molar refractivity (Wildman–Crippen MR) is 42.3 cm³/mol. The Morgan fingerprint density at radius 1 is 1.70 bits per heavy atom. The second kappa shape index (κ2) is 2.31. The van der Waals surface area contributed by atoms with Gasteiger partial charge < -0.3 is 0 Å². The Morgan fingerprint density at radius 2 is 2.60 bits per heavy atom. The van der Waals surface area contributed by atoms with Gasteiger partial charge in [0, 0.05) is 12.3 Å². The van der Waals surface area contributed by atoms with Crippen molar-refractivity contribution in [2.45, 2.75) is 24.9 Å². The van der Waals surface area contributed by atoms with Crippen molar-refractivity contribution in [1.29, 1.82) is 0 Å². The molecule has 0 amide bonds. The van der Waals surface area contributed by atoms with Crippen LogP contribution in [0.5, 0.6) is 0 Å². The molecule has 1 aromatic heterocycles. The van der Waals surface area contributed by atoms with Crippen LogP contribution < -0.4 is 0 Å². The summed E-state index contributed by atoms with van der Waals surface area (Å²) in [6, 6.07) is 2.16. The fourth-order valence-electron chi connectivity index (χ4n) is 1.19. The Labute approximate surface area is 64.6 Å². The van der Waals surface area contributed by atoms with E-state index in [1.807, 2.05) is 18.7 Å². The van der Waals surface area contributed by atoms with E-state index in [2.05, 4.69) is 15.8 Å². The maximum absolute atomic E-state index is 4.35. The number of aromatic nitrogens is 2. The number of aryl methyl sites for hydroxylation is 2. The quantitative estimate of drug-likeness (QED) is 0.566. The third-order valence-corrected chi connectivity index (χ3v) is 2.75. The van der Waals surface area contributed by atoms with E-state index in [1.165, 1.54) is 17.2 Å². The van der Waals surface area contributed by atoms with E-state index in [1.54, 1.807) is 0 Å². The molecule has 2 heterocycles. The Morgan fingerprint density at radius 3 is 3.40 bits per heavy atom. The van der Waals surface area contributed by atoms with Crippen LogP contribution in [0.15, 0.2) is 11.1 Å². The molecule has 0 aliphatic carbocycles. The van der Waals surface area contributed by atoms with Crippen molar-refractivity contribution < 1.29 is 0 Å². The predicted octanol–water partition coefficient (Wildman–Crippen LogP) is 1.69. The van der Waals surface area contributed by atoms with Crippen LogP contribution in [0.3, 0.4) is 0 Å². The van der Waals surface area contributed by atoms with Crippen LogP contribution in [-0.2, 0) is 6.54 Å². The number of rotatable bonds is 0. The molecule has 2 rings (SSSR count). The monoisotopic (exact) mass is 154 g/mol. The molecule has 1 aliphatic heterocycles. The molecule has 0 bridgehead atoms. The highest BCUT2D eigenvalue weighted by molar-refractivity contribution is 7.99. The van der Waals surface area contributed by atoms with Gasteiger partial charge in [-0.25, -0.2) is 0 Å². The van der Waals surface area contributed by atoms with Crippen LogP contribution in [0, 0.1) is 6.92 Å². The van der Waals surface area contributed by atoms with Crippen molar-refractivity contribution in [3.8, 4) is 0 Å². The van der Waals surface area contributed by atoms with Crippen molar-refractivity contribution in [3.05, 3.63) is 11.8 Å². The topological polar surface area (TPSA) is 17.8 Å².